The number of aromatic nitrogens is 2. The molecule has 3 rings (SSSR count). The molecular formula is C13H12F8N2O2. The van der Waals surface area contributed by atoms with Crippen LogP contribution in [-0.2, 0) is 17.3 Å². The zero-order chi connectivity index (χ0) is 18.8. The normalized spacial score (nSPS) is 29.7. The van der Waals surface area contributed by atoms with E-state index in [0.29, 0.717) is 4.68 Å². The fourth-order valence-electron chi connectivity index (χ4n) is 3.22. The fraction of sp³-hybridized carbons (Fsp3) is 0.769. The molecule has 2 heterocycles. The molecular weight excluding hydrogens is 368 g/mol. The highest BCUT2D eigenvalue weighted by Gasteiger charge is 2.55. The van der Waals surface area contributed by atoms with Gasteiger partial charge >= 0.3 is 12.4 Å². The van der Waals surface area contributed by atoms with Crippen molar-refractivity contribution < 1.29 is 45.0 Å². The van der Waals surface area contributed by atoms with Gasteiger partial charge < -0.3 is 9.84 Å². The van der Waals surface area contributed by atoms with Gasteiger partial charge in [0.05, 0.1) is 18.2 Å². The summed E-state index contributed by atoms with van der Waals surface area (Å²) in [4.78, 5) is 0. The molecule has 1 saturated heterocycles. The zero-order valence-corrected chi connectivity index (χ0v) is 12.3. The molecule has 3 atom stereocenters. The van der Waals surface area contributed by atoms with Crippen LogP contribution in [0.15, 0.2) is 0 Å². The average Bonchev–Trinajstić information content (AvgIpc) is 2.93. The Hall–Kier alpha value is -1.43. The van der Waals surface area contributed by atoms with Gasteiger partial charge in [-0.3, -0.25) is 4.68 Å². The smallest absolute Gasteiger partial charge is 0.382 e. The first-order chi connectivity index (χ1) is 11.3. The Bertz CT molecular complexity index is 666. The zero-order valence-electron chi connectivity index (χ0n) is 12.3. The molecule has 0 unspecified atom stereocenters. The lowest BCUT2D eigenvalue weighted by Crippen LogP contribution is -2.39. The molecule has 142 valence electrons. The number of alkyl halides is 8. The van der Waals surface area contributed by atoms with Crippen molar-refractivity contribution in [2.75, 3.05) is 6.61 Å². The molecule has 25 heavy (non-hydrogen) atoms. The van der Waals surface area contributed by atoms with Gasteiger partial charge in [0.25, 0.3) is 5.92 Å². The molecule has 1 aromatic rings. The van der Waals surface area contributed by atoms with Crippen molar-refractivity contribution in [3.63, 3.8) is 0 Å². The largest absolute Gasteiger partial charge is 0.435 e. The van der Waals surface area contributed by atoms with Crippen LogP contribution in [0.1, 0.15) is 41.9 Å². The summed E-state index contributed by atoms with van der Waals surface area (Å²) in [6.07, 6.45) is -16.8. The van der Waals surface area contributed by atoms with E-state index in [0.717, 1.165) is 0 Å². The minimum absolute atomic E-state index is 0.111. The molecule has 0 saturated carbocycles. The lowest BCUT2D eigenvalue weighted by Gasteiger charge is -2.31. The lowest BCUT2D eigenvalue weighted by molar-refractivity contribution is -0.235. The van der Waals surface area contributed by atoms with Crippen LogP contribution in [0.2, 0.25) is 0 Å². The molecule has 1 aromatic heterocycles. The lowest BCUT2D eigenvalue weighted by atomic mass is 10.0. The van der Waals surface area contributed by atoms with Crippen LogP contribution in [0.4, 0.5) is 35.1 Å². The maximum absolute atomic E-state index is 13.7. The van der Waals surface area contributed by atoms with Gasteiger partial charge in [-0.1, -0.05) is 0 Å². The first kappa shape index (κ1) is 18.4. The molecule has 1 aliphatic carbocycles. The van der Waals surface area contributed by atoms with Crippen molar-refractivity contribution in [3.8, 4) is 0 Å². The molecule has 0 bridgehead atoms. The topological polar surface area (TPSA) is 47.3 Å². The second-order valence-electron chi connectivity index (χ2n) is 6.07. The van der Waals surface area contributed by atoms with Crippen molar-refractivity contribution in [1.29, 1.82) is 0 Å². The van der Waals surface area contributed by atoms with Gasteiger partial charge in [-0.2, -0.15) is 31.4 Å². The first-order valence-corrected chi connectivity index (χ1v) is 7.25. The predicted octanol–water partition coefficient (Wildman–Crippen LogP) is 3.41. The number of fused-ring (bicyclic) bond motifs is 1. The summed E-state index contributed by atoms with van der Waals surface area (Å²) in [5, 5.41) is 12.8. The van der Waals surface area contributed by atoms with Crippen molar-refractivity contribution in [2.45, 2.75) is 55.8 Å². The third kappa shape index (κ3) is 3.09. The van der Waals surface area contributed by atoms with Gasteiger partial charge in [0.1, 0.15) is 6.10 Å². The average molecular weight is 380 g/mol. The Morgan fingerprint density at radius 2 is 1.80 bits per heavy atom. The molecule has 12 heteroatoms. The van der Waals surface area contributed by atoms with Gasteiger partial charge in [0.2, 0.25) is 0 Å². The van der Waals surface area contributed by atoms with E-state index in [9.17, 15) is 40.2 Å². The highest BCUT2D eigenvalue weighted by Crippen LogP contribution is 2.49. The molecule has 0 spiro atoms. The molecule has 0 amide bonds. The van der Waals surface area contributed by atoms with Crippen LogP contribution in [-0.4, -0.2) is 39.7 Å². The van der Waals surface area contributed by atoms with Crippen molar-refractivity contribution >= 4 is 0 Å². The third-order valence-electron chi connectivity index (χ3n) is 4.36. The van der Waals surface area contributed by atoms with E-state index in [1.807, 2.05) is 0 Å². The molecule has 0 aromatic carbocycles. The van der Waals surface area contributed by atoms with Gasteiger partial charge in [-0.05, 0) is 6.42 Å². The number of ether oxygens (including phenoxy) is 1. The standard InChI is InChI=1S/C13H12F8N2O2/c14-11(15)4-6-8(10(11)24)9(13(19,20)21)22-23(6)5-1-2-25-7(3-5)12(16,17)18/h5,7,10,24H,1-4H2/t5-,7+,10+/m1/s1. The minimum atomic E-state index is -5.12. The Labute approximate surface area is 135 Å². The molecule has 1 fully saturated rings. The van der Waals surface area contributed by atoms with Crippen LogP contribution in [0.25, 0.3) is 0 Å². The number of halogens is 8. The second kappa shape index (κ2) is 5.53. The van der Waals surface area contributed by atoms with E-state index in [1.165, 1.54) is 0 Å². The summed E-state index contributed by atoms with van der Waals surface area (Å²) >= 11 is 0. The van der Waals surface area contributed by atoms with E-state index < -0.39 is 72.9 Å². The van der Waals surface area contributed by atoms with E-state index in [1.54, 1.807) is 0 Å². The Kier molecular flexibility index (Phi) is 4.06. The van der Waals surface area contributed by atoms with E-state index in [-0.39, 0.29) is 6.42 Å². The quantitative estimate of drug-likeness (QED) is 0.760. The number of rotatable bonds is 1. The van der Waals surface area contributed by atoms with Crippen molar-refractivity contribution in [2.24, 2.45) is 0 Å². The predicted molar refractivity (Wildman–Crippen MR) is 64.9 cm³/mol. The minimum Gasteiger partial charge on any atom is -0.382 e. The monoisotopic (exact) mass is 380 g/mol. The highest BCUT2D eigenvalue weighted by molar-refractivity contribution is 5.38. The van der Waals surface area contributed by atoms with Crippen LogP contribution < -0.4 is 0 Å². The Morgan fingerprint density at radius 1 is 1.16 bits per heavy atom. The summed E-state index contributed by atoms with van der Waals surface area (Å²) < 4.78 is 110. The first-order valence-electron chi connectivity index (χ1n) is 7.25. The molecule has 1 N–H and O–H groups in total. The second-order valence-corrected chi connectivity index (χ2v) is 6.07. The number of hydrogen-bond donors (Lipinski definition) is 1. The van der Waals surface area contributed by atoms with Crippen LogP contribution in [0.5, 0.6) is 0 Å². The summed E-state index contributed by atoms with van der Waals surface area (Å²) in [5.41, 5.74) is -3.34. The third-order valence-corrected chi connectivity index (χ3v) is 4.36. The van der Waals surface area contributed by atoms with E-state index in [4.69, 9.17) is 0 Å². The Balaban J connectivity index is 2.03. The van der Waals surface area contributed by atoms with Crippen molar-refractivity contribution in [1.82, 2.24) is 9.78 Å². The Morgan fingerprint density at radius 3 is 2.36 bits per heavy atom. The SMILES string of the molecule is O[C@H]1c2c(C(F)(F)F)nn([C@@H]3CCO[C@H](C(F)(F)F)C3)c2CC1(F)F. The summed E-state index contributed by atoms with van der Waals surface area (Å²) in [7, 11) is 0. The number of aliphatic hydroxyl groups excluding tert-OH is 1. The van der Waals surface area contributed by atoms with E-state index >= 15 is 0 Å². The number of hydrogen-bond acceptors (Lipinski definition) is 3. The van der Waals surface area contributed by atoms with Gasteiger partial charge in [0, 0.05) is 18.6 Å². The van der Waals surface area contributed by atoms with Crippen LogP contribution >= 0.6 is 0 Å². The van der Waals surface area contributed by atoms with E-state index in [2.05, 4.69) is 9.84 Å². The molecule has 0 radical (unpaired) electrons. The van der Waals surface area contributed by atoms with Crippen molar-refractivity contribution in [3.05, 3.63) is 17.0 Å². The van der Waals surface area contributed by atoms with Gasteiger partial charge in [-0.25, -0.2) is 8.78 Å². The van der Waals surface area contributed by atoms with Gasteiger partial charge in [-0.15, -0.1) is 0 Å². The molecule has 1 aliphatic heterocycles. The number of aliphatic hydroxyl groups is 1. The maximum Gasteiger partial charge on any atom is 0.435 e. The fourth-order valence-corrected chi connectivity index (χ4v) is 3.22. The van der Waals surface area contributed by atoms with Gasteiger partial charge in [0.15, 0.2) is 11.8 Å². The maximum atomic E-state index is 13.7. The van der Waals surface area contributed by atoms with Crippen LogP contribution in [0.3, 0.4) is 0 Å². The summed E-state index contributed by atoms with van der Waals surface area (Å²) in [5.74, 6) is -3.84. The number of nitrogens with zero attached hydrogens (tertiary/aromatic N) is 2. The van der Waals surface area contributed by atoms with Crippen LogP contribution in [0, 0.1) is 0 Å². The highest BCUT2D eigenvalue weighted by atomic mass is 19.4. The molecule has 4 nitrogen and oxygen atoms in total. The molecule has 2 aliphatic rings. The summed E-state index contributed by atoms with van der Waals surface area (Å²) in [6.45, 7) is -0.399. The summed E-state index contributed by atoms with van der Waals surface area (Å²) in [6, 6.07) is -1.19.